The zero-order valence-corrected chi connectivity index (χ0v) is 14.5. The van der Waals surface area contributed by atoms with Crippen LogP contribution in [0, 0.1) is 18.3 Å². The molecular weight excluding hydrogens is 316 g/mol. The van der Waals surface area contributed by atoms with Crippen molar-refractivity contribution < 1.29 is 9.53 Å². The van der Waals surface area contributed by atoms with Crippen molar-refractivity contribution in [1.82, 2.24) is 9.88 Å². The molecule has 2 aliphatic rings. The number of ether oxygens (including phenoxy) is 1. The van der Waals surface area contributed by atoms with Gasteiger partial charge < -0.3 is 9.64 Å². The topological polar surface area (TPSA) is 69.5 Å². The van der Waals surface area contributed by atoms with Crippen molar-refractivity contribution in [3.8, 4) is 6.07 Å². The van der Waals surface area contributed by atoms with Crippen molar-refractivity contribution in [2.75, 3.05) is 31.1 Å². The van der Waals surface area contributed by atoms with E-state index in [1.54, 1.807) is 0 Å². The summed E-state index contributed by atoms with van der Waals surface area (Å²) in [5, 5.41) is 10.7. The van der Waals surface area contributed by atoms with Crippen molar-refractivity contribution >= 4 is 22.8 Å². The Balaban J connectivity index is 1.80. The highest BCUT2D eigenvalue weighted by Crippen LogP contribution is 2.35. The normalized spacial score (nSPS) is 22.7. The molecule has 1 aromatic heterocycles. The SMILES string of the molecule is CCC12COC(=O)N1CCN(c1nc3ccccc3c(C)c1C#N)C2. The van der Waals surface area contributed by atoms with Crippen molar-refractivity contribution in [2.45, 2.75) is 25.8 Å². The number of pyridine rings is 1. The molecule has 0 aliphatic carbocycles. The first-order chi connectivity index (χ1) is 12.1. The maximum atomic E-state index is 12.0. The highest BCUT2D eigenvalue weighted by molar-refractivity contribution is 5.87. The second-order valence-corrected chi connectivity index (χ2v) is 6.77. The van der Waals surface area contributed by atoms with E-state index in [1.165, 1.54) is 0 Å². The third-order valence-corrected chi connectivity index (χ3v) is 5.54. The standard InChI is InChI=1S/C19H20N4O2/c1-3-19-11-22(8-9-23(19)18(24)25-12-19)17-15(10-20)13(2)14-6-4-5-7-16(14)21-17/h4-7H,3,8-9,11-12H2,1-2H3. The van der Waals surface area contributed by atoms with Crippen LogP contribution in [0.2, 0.25) is 0 Å². The number of carbonyl (C=O) groups excluding carboxylic acids is 1. The van der Waals surface area contributed by atoms with E-state index in [0.29, 0.717) is 37.6 Å². The number of carbonyl (C=O) groups is 1. The van der Waals surface area contributed by atoms with Gasteiger partial charge in [-0.3, -0.25) is 4.90 Å². The number of nitrogens with zero attached hydrogens (tertiary/aromatic N) is 4. The number of piperazine rings is 1. The van der Waals surface area contributed by atoms with Gasteiger partial charge in [0.25, 0.3) is 0 Å². The minimum Gasteiger partial charge on any atom is -0.447 e. The minimum absolute atomic E-state index is 0.232. The lowest BCUT2D eigenvalue weighted by Crippen LogP contribution is -2.61. The number of hydrogen-bond donors (Lipinski definition) is 0. The average Bonchev–Trinajstić information content (AvgIpc) is 2.98. The number of hydrogen-bond acceptors (Lipinski definition) is 5. The molecule has 0 bridgehead atoms. The third-order valence-electron chi connectivity index (χ3n) is 5.54. The molecule has 6 nitrogen and oxygen atoms in total. The molecule has 0 radical (unpaired) electrons. The van der Waals surface area contributed by atoms with Gasteiger partial charge in [-0.2, -0.15) is 5.26 Å². The molecular formula is C19H20N4O2. The van der Waals surface area contributed by atoms with E-state index in [9.17, 15) is 10.1 Å². The van der Waals surface area contributed by atoms with E-state index in [2.05, 4.69) is 17.9 Å². The monoisotopic (exact) mass is 336 g/mol. The first kappa shape index (κ1) is 15.7. The van der Waals surface area contributed by atoms with Crippen LogP contribution >= 0.6 is 0 Å². The summed E-state index contributed by atoms with van der Waals surface area (Å²) in [5.41, 5.74) is 2.13. The predicted octanol–water partition coefficient (Wildman–Crippen LogP) is 2.84. The van der Waals surface area contributed by atoms with Gasteiger partial charge in [0.2, 0.25) is 0 Å². The molecule has 2 aliphatic heterocycles. The van der Waals surface area contributed by atoms with Gasteiger partial charge in [0.15, 0.2) is 0 Å². The quantitative estimate of drug-likeness (QED) is 0.843. The van der Waals surface area contributed by atoms with Crippen LogP contribution in [0.1, 0.15) is 24.5 Å². The lowest BCUT2D eigenvalue weighted by atomic mass is 9.92. The number of aromatic nitrogens is 1. The van der Waals surface area contributed by atoms with Crippen LogP contribution in [0.4, 0.5) is 10.6 Å². The molecule has 128 valence electrons. The van der Waals surface area contributed by atoms with Crippen LogP contribution < -0.4 is 4.90 Å². The number of benzene rings is 1. The van der Waals surface area contributed by atoms with Crippen molar-refractivity contribution in [2.24, 2.45) is 0 Å². The second kappa shape index (κ2) is 5.62. The molecule has 1 unspecified atom stereocenters. The van der Waals surface area contributed by atoms with Crippen LogP contribution in [0.3, 0.4) is 0 Å². The van der Waals surface area contributed by atoms with E-state index < -0.39 is 0 Å². The number of anilines is 1. The Morgan fingerprint density at radius 1 is 1.36 bits per heavy atom. The Kier molecular flexibility index (Phi) is 3.53. The lowest BCUT2D eigenvalue weighted by molar-refractivity contribution is 0.137. The summed E-state index contributed by atoms with van der Waals surface area (Å²) in [6, 6.07) is 10.2. The molecule has 2 saturated heterocycles. The molecule has 0 N–H and O–H groups in total. The van der Waals surface area contributed by atoms with E-state index >= 15 is 0 Å². The van der Waals surface area contributed by atoms with Crippen LogP contribution in [0.25, 0.3) is 10.9 Å². The first-order valence-electron chi connectivity index (χ1n) is 8.58. The summed E-state index contributed by atoms with van der Waals surface area (Å²) in [5.74, 6) is 0.713. The predicted molar refractivity (Wildman–Crippen MR) is 94.5 cm³/mol. The molecule has 2 aromatic rings. The van der Waals surface area contributed by atoms with Gasteiger partial charge in [-0.05, 0) is 25.0 Å². The average molecular weight is 336 g/mol. The summed E-state index contributed by atoms with van der Waals surface area (Å²) >= 11 is 0. The lowest BCUT2D eigenvalue weighted by Gasteiger charge is -2.45. The van der Waals surface area contributed by atoms with Gasteiger partial charge in [-0.1, -0.05) is 25.1 Å². The zero-order chi connectivity index (χ0) is 17.6. The summed E-state index contributed by atoms with van der Waals surface area (Å²) < 4.78 is 5.30. The van der Waals surface area contributed by atoms with Gasteiger partial charge in [-0.15, -0.1) is 0 Å². The second-order valence-electron chi connectivity index (χ2n) is 6.77. The van der Waals surface area contributed by atoms with E-state index in [1.807, 2.05) is 36.1 Å². The van der Waals surface area contributed by atoms with Crippen LogP contribution in [0.15, 0.2) is 24.3 Å². The first-order valence-corrected chi connectivity index (χ1v) is 8.58. The number of cyclic esters (lactones) is 1. The Bertz CT molecular complexity index is 904. The number of nitriles is 1. The van der Waals surface area contributed by atoms with Crippen molar-refractivity contribution in [1.29, 1.82) is 5.26 Å². The molecule has 25 heavy (non-hydrogen) atoms. The highest BCUT2D eigenvalue weighted by atomic mass is 16.6. The molecule has 1 aromatic carbocycles. The maximum absolute atomic E-state index is 12.0. The zero-order valence-electron chi connectivity index (χ0n) is 14.5. The fourth-order valence-corrected chi connectivity index (χ4v) is 3.97. The molecule has 1 atom stereocenters. The van der Waals surface area contributed by atoms with Crippen molar-refractivity contribution in [3.63, 3.8) is 0 Å². The molecule has 0 saturated carbocycles. The molecule has 4 rings (SSSR count). The van der Waals surface area contributed by atoms with Gasteiger partial charge in [0, 0.05) is 25.0 Å². The summed E-state index contributed by atoms with van der Waals surface area (Å²) in [4.78, 5) is 20.7. The van der Waals surface area contributed by atoms with Gasteiger partial charge >= 0.3 is 6.09 Å². The fourth-order valence-electron chi connectivity index (χ4n) is 3.97. The van der Waals surface area contributed by atoms with Gasteiger partial charge in [-0.25, -0.2) is 9.78 Å². The number of aryl methyl sites for hydroxylation is 1. The highest BCUT2D eigenvalue weighted by Gasteiger charge is 2.50. The number of rotatable bonds is 2. The largest absolute Gasteiger partial charge is 0.447 e. The Morgan fingerprint density at radius 3 is 2.92 bits per heavy atom. The maximum Gasteiger partial charge on any atom is 0.410 e. The summed E-state index contributed by atoms with van der Waals surface area (Å²) in [6.07, 6.45) is 0.577. The molecule has 1 amide bonds. The molecule has 3 heterocycles. The summed E-state index contributed by atoms with van der Waals surface area (Å²) in [7, 11) is 0. The molecule has 0 spiro atoms. The van der Waals surface area contributed by atoms with E-state index in [-0.39, 0.29) is 11.6 Å². The van der Waals surface area contributed by atoms with Crippen LogP contribution in [-0.2, 0) is 4.74 Å². The Labute approximate surface area is 146 Å². The number of fused-ring (bicyclic) bond motifs is 2. The third kappa shape index (κ3) is 2.23. The van der Waals surface area contributed by atoms with Gasteiger partial charge in [0.1, 0.15) is 18.5 Å². The Hall–Kier alpha value is -2.81. The number of amides is 1. The van der Waals surface area contributed by atoms with E-state index in [0.717, 1.165) is 22.9 Å². The van der Waals surface area contributed by atoms with Gasteiger partial charge in [0.05, 0.1) is 16.6 Å². The molecule has 6 heteroatoms. The molecule has 2 fully saturated rings. The number of para-hydroxylation sites is 1. The van der Waals surface area contributed by atoms with Crippen LogP contribution in [-0.4, -0.2) is 47.8 Å². The Morgan fingerprint density at radius 2 is 2.16 bits per heavy atom. The fraction of sp³-hybridized carbons (Fsp3) is 0.421. The smallest absolute Gasteiger partial charge is 0.410 e. The van der Waals surface area contributed by atoms with E-state index in [4.69, 9.17) is 9.72 Å². The summed E-state index contributed by atoms with van der Waals surface area (Å²) in [6.45, 7) is 6.31. The van der Waals surface area contributed by atoms with Crippen molar-refractivity contribution in [3.05, 3.63) is 35.4 Å². The van der Waals surface area contributed by atoms with Crippen LogP contribution in [0.5, 0.6) is 0 Å². The minimum atomic E-state index is -0.330.